The molecule has 0 fully saturated rings. The maximum absolute atomic E-state index is 4.36. The van der Waals surface area contributed by atoms with E-state index < -0.39 is 0 Å². The van der Waals surface area contributed by atoms with Crippen molar-refractivity contribution < 1.29 is 0 Å². The van der Waals surface area contributed by atoms with Crippen molar-refractivity contribution in [3.8, 4) is 0 Å². The highest BCUT2D eigenvalue weighted by molar-refractivity contribution is 6.04. The minimum Gasteiger partial charge on any atom is -0.344 e. The fourth-order valence-corrected chi connectivity index (χ4v) is 0.681. The van der Waals surface area contributed by atoms with Gasteiger partial charge in [-0.3, -0.25) is 0 Å². The average Bonchev–Trinajstić information content (AvgIpc) is 2.15. The van der Waals surface area contributed by atoms with Crippen molar-refractivity contribution >= 4 is 11.7 Å². The molecule has 0 aromatic rings. The Labute approximate surface area is 86.6 Å². The number of rotatable bonds is 3. The maximum Gasteiger partial charge on any atom is 0.225 e. The molecule has 0 saturated heterocycles. The zero-order chi connectivity index (χ0) is 11.1. The number of nitrogens with zero attached hydrogens (tertiary/aromatic N) is 3. The highest BCUT2D eigenvalue weighted by atomic mass is 15.2. The van der Waals surface area contributed by atoms with Crippen LogP contribution in [0.3, 0.4) is 0 Å². The minimum atomic E-state index is 0.669. The van der Waals surface area contributed by atoms with Gasteiger partial charge >= 0.3 is 0 Å². The molecule has 0 atom stereocenters. The van der Waals surface area contributed by atoms with Crippen LogP contribution in [0.5, 0.6) is 0 Å². The van der Waals surface area contributed by atoms with Gasteiger partial charge in [-0.25, -0.2) is 9.98 Å². The molecule has 0 unspecified atom stereocenters. The molecule has 0 aliphatic rings. The first-order chi connectivity index (χ1) is 6.52. The summed E-state index contributed by atoms with van der Waals surface area (Å²) in [5, 5.41) is 0. The molecule has 0 heterocycles. The number of aliphatic imine (C=N–C) groups is 2. The van der Waals surface area contributed by atoms with E-state index in [0.717, 1.165) is 17.8 Å². The van der Waals surface area contributed by atoms with Crippen molar-refractivity contribution in [2.45, 2.75) is 20.8 Å². The molecular formula is C11H19N3. The highest BCUT2D eigenvalue weighted by Gasteiger charge is 2.02. The van der Waals surface area contributed by atoms with E-state index in [-0.39, 0.29) is 0 Å². The van der Waals surface area contributed by atoms with E-state index in [2.05, 4.69) is 23.1 Å². The van der Waals surface area contributed by atoms with Crippen molar-refractivity contribution in [3.05, 3.63) is 24.9 Å². The summed E-state index contributed by atoms with van der Waals surface area (Å²) >= 11 is 0. The Morgan fingerprint density at radius 2 is 2.00 bits per heavy atom. The van der Waals surface area contributed by atoms with Crippen LogP contribution in [-0.4, -0.2) is 30.2 Å². The second-order valence-corrected chi connectivity index (χ2v) is 3.10. The third-order valence-corrected chi connectivity index (χ3v) is 1.91. The quantitative estimate of drug-likeness (QED) is 0.500. The second kappa shape index (κ2) is 6.13. The van der Waals surface area contributed by atoms with Crippen LogP contribution < -0.4 is 0 Å². The Balaban J connectivity index is 4.87. The van der Waals surface area contributed by atoms with Gasteiger partial charge in [-0.2, -0.15) is 0 Å². The third kappa shape index (κ3) is 4.03. The van der Waals surface area contributed by atoms with Crippen LogP contribution >= 0.6 is 0 Å². The van der Waals surface area contributed by atoms with E-state index >= 15 is 0 Å². The van der Waals surface area contributed by atoms with E-state index in [9.17, 15) is 0 Å². The van der Waals surface area contributed by atoms with Gasteiger partial charge in [0, 0.05) is 25.5 Å². The molecule has 14 heavy (non-hydrogen) atoms. The summed E-state index contributed by atoms with van der Waals surface area (Å²) in [7, 11) is 1.94. The van der Waals surface area contributed by atoms with Crippen LogP contribution in [0.15, 0.2) is 34.9 Å². The molecule has 3 nitrogen and oxygen atoms in total. The van der Waals surface area contributed by atoms with Crippen molar-refractivity contribution in [2.24, 2.45) is 9.98 Å². The van der Waals surface area contributed by atoms with Gasteiger partial charge in [-0.05, 0) is 26.3 Å². The zero-order valence-corrected chi connectivity index (χ0v) is 9.54. The van der Waals surface area contributed by atoms with Gasteiger partial charge < -0.3 is 4.90 Å². The van der Waals surface area contributed by atoms with E-state index in [1.165, 1.54) is 6.20 Å². The predicted molar refractivity (Wildman–Crippen MR) is 63.9 cm³/mol. The fraction of sp³-hybridized carbons (Fsp3) is 0.455. The van der Waals surface area contributed by atoms with E-state index in [1.807, 2.05) is 32.7 Å². The van der Waals surface area contributed by atoms with Gasteiger partial charge in [0.05, 0.1) is 0 Å². The van der Waals surface area contributed by atoms with Crippen molar-refractivity contribution in [1.82, 2.24) is 4.90 Å². The van der Waals surface area contributed by atoms with Crippen molar-refractivity contribution in [2.75, 3.05) is 13.6 Å². The van der Waals surface area contributed by atoms with Gasteiger partial charge in [0.15, 0.2) is 0 Å². The third-order valence-electron chi connectivity index (χ3n) is 1.91. The van der Waals surface area contributed by atoms with Crippen LogP contribution in [0, 0.1) is 0 Å². The zero-order valence-electron chi connectivity index (χ0n) is 9.54. The lowest BCUT2D eigenvalue weighted by Crippen LogP contribution is -2.25. The molecule has 3 heteroatoms. The van der Waals surface area contributed by atoms with Crippen LogP contribution in [-0.2, 0) is 0 Å². The minimum absolute atomic E-state index is 0.669. The Morgan fingerprint density at radius 3 is 2.36 bits per heavy atom. The number of allylic oxidation sites excluding steroid dienone is 1. The summed E-state index contributed by atoms with van der Waals surface area (Å²) in [5.74, 6) is 0.669. The molecule has 0 rings (SSSR count). The largest absolute Gasteiger partial charge is 0.344 e. The van der Waals surface area contributed by atoms with Crippen molar-refractivity contribution in [3.63, 3.8) is 0 Å². The molecule has 0 aliphatic carbocycles. The highest BCUT2D eigenvalue weighted by Crippen LogP contribution is 1.97. The van der Waals surface area contributed by atoms with Gasteiger partial charge in [0.25, 0.3) is 0 Å². The standard InChI is InChI=1S/C11H19N3/c1-7-12-11(14(6)8-2)13-10(5)9(3)4/h7H,1,3,8H2,2,4-6H3/b12-11?,13-10+. The monoisotopic (exact) mass is 193 g/mol. The molecular weight excluding hydrogens is 174 g/mol. The molecule has 0 N–H and O–H groups in total. The van der Waals surface area contributed by atoms with Gasteiger partial charge in [0.2, 0.25) is 5.96 Å². The molecule has 0 saturated carbocycles. The summed E-state index contributed by atoms with van der Waals surface area (Å²) in [6.07, 6.45) is 1.50. The first-order valence-corrected chi connectivity index (χ1v) is 4.63. The van der Waals surface area contributed by atoms with Crippen LogP contribution in [0.25, 0.3) is 0 Å². The molecule has 0 bridgehead atoms. The smallest absolute Gasteiger partial charge is 0.225 e. The summed E-state index contributed by atoms with van der Waals surface area (Å²) in [6, 6.07) is 0. The molecule has 0 aromatic carbocycles. The first kappa shape index (κ1) is 12.6. The van der Waals surface area contributed by atoms with Gasteiger partial charge in [-0.1, -0.05) is 13.2 Å². The molecule has 0 amide bonds. The predicted octanol–water partition coefficient (Wildman–Crippen LogP) is 2.47. The average molecular weight is 193 g/mol. The summed E-state index contributed by atoms with van der Waals surface area (Å²) in [5.41, 5.74) is 1.84. The number of hydrogen-bond acceptors (Lipinski definition) is 1. The topological polar surface area (TPSA) is 28.0 Å². The lowest BCUT2D eigenvalue weighted by Gasteiger charge is -2.15. The van der Waals surface area contributed by atoms with Crippen molar-refractivity contribution in [1.29, 1.82) is 0 Å². The molecule has 0 spiro atoms. The summed E-state index contributed by atoms with van der Waals surface area (Å²) in [6.45, 7) is 14.1. The Morgan fingerprint density at radius 1 is 1.43 bits per heavy atom. The Hall–Kier alpha value is -1.38. The first-order valence-electron chi connectivity index (χ1n) is 4.63. The lowest BCUT2D eigenvalue weighted by molar-refractivity contribution is 0.529. The molecule has 0 aliphatic heterocycles. The van der Waals surface area contributed by atoms with E-state index in [0.29, 0.717) is 5.96 Å². The van der Waals surface area contributed by atoms with Crippen LogP contribution in [0.4, 0.5) is 0 Å². The number of hydrogen-bond donors (Lipinski definition) is 0. The van der Waals surface area contributed by atoms with E-state index in [4.69, 9.17) is 0 Å². The van der Waals surface area contributed by atoms with Crippen LogP contribution in [0.2, 0.25) is 0 Å². The van der Waals surface area contributed by atoms with Crippen LogP contribution in [0.1, 0.15) is 20.8 Å². The van der Waals surface area contributed by atoms with E-state index in [1.54, 1.807) is 0 Å². The fourth-order valence-electron chi connectivity index (χ4n) is 0.681. The summed E-state index contributed by atoms with van der Waals surface area (Å²) in [4.78, 5) is 10.4. The SMILES string of the molecule is C=CN=C(/N=C(\C)C(=C)C)N(C)CC. The Bertz CT molecular complexity index is 274. The maximum atomic E-state index is 4.36. The number of guanidine groups is 1. The summed E-state index contributed by atoms with van der Waals surface area (Å²) < 4.78 is 0. The molecule has 0 aromatic heterocycles. The van der Waals surface area contributed by atoms with Gasteiger partial charge in [0.1, 0.15) is 0 Å². The Kier molecular flexibility index (Phi) is 5.53. The lowest BCUT2D eigenvalue weighted by atomic mass is 10.2. The normalized spacial score (nSPS) is 12.6. The second-order valence-electron chi connectivity index (χ2n) is 3.10. The van der Waals surface area contributed by atoms with Gasteiger partial charge in [-0.15, -0.1) is 0 Å². The molecule has 78 valence electrons. The molecule has 0 radical (unpaired) electrons.